The maximum Gasteiger partial charge on any atom is 0.303 e. The Morgan fingerprint density at radius 3 is 2.76 bits per heavy atom. The van der Waals surface area contributed by atoms with E-state index in [1.807, 2.05) is 0 Å². The number of carbonyl (C=O) groups is 2. The third kappa shape index (κ3) is 3.77. The van der Waals surface area contributed by atoms with Crippen molar-refractivity contribution in [2.75, 3.05) is 6.54 Å². The summed E-state index contributed by atoms with van der Waals surface area (Å²) in [6.07, 6.45) is 2.67. The van der Waals surface area contributed by atoms with Gasteiger partial charge in [-0.25, -0.2) is 8.78 Å². The highest BCUT2D eigenvalue weighted by Crippen LogP contribution is 2.24. The first-order valence-corrected chi connectivity index (χ1v) is 6.97. The van der Waals surface area contributed by atoms with Gasteiger partial charge in [-0.2, -0.15) is 0 Å². The molecule has 2 rings (SSSR count). The monoisotopic (exact) mass is 297 g/mol. The summed E-state index contributed by atoms with van der Waals surface area (Å²) >= 11 is 0. The van der Waals surface area contributed by atoms with Crippen LogP contribution in [0.25, 0.3) is 0 Å². The number of aliphatic carboxylic acids is 1. The van der Waals surface area contributed by atoms with Crippen molar-refractivity contribution >= 4 is 11.9 Å². The lowest BCUT2D eigenvalue weighted by atomic mass is 9.97. The Kier molecular flexibility index (Phi) is 4.88. The highest BCUT2D eigenvalue weighted by Gasteiger charge is 2.29. The fourth-order valence-corrected chi connectivity index (χ4v) is 2.67. The average molecular weight is 297 g/mol. The van der Waals surface area contributed by atoms with Crippen LogP contribution in [-0.2, 0) is 4.79 Å². The van der Waals surface area contributed by atoms with Crippen LogP contribution < -0.4 is 0 Å². The molecule has 0 radical (unpaired) electrons. The standard InChI is InChI=1S/C15H17F2NO3/c16-10-4-6-13(17)12(9-10)15(21)18-8-2-1-3-11(18)5-7-14(19)20/h4,6,9,11H,1-3,5,7-8H2,(H,19,20)/t11-/m0/s1. The second-order valence-electron chi connectivity index (χ2n) is 5.20. The molecule has 0 aromatic heterocycles. The third-order valence-electron chi connectivity index (χ3n) is 3.74. The lowest BCUT2D eigenvalue weighted by Crippen LogP contribution is -2.44. The van der Waals surface area contributed by atoms with Crippen LogP contribution >= 0.6 is 0 Å². The van der Waals surface area contributed by atoms with Gasteiger partial charge in [0, 0.05) is 19.0 Å². The Bertz CT molecular complexity index is 548. The predicted molar refractivity (Wildman–Crippen MR) is 71.9 cm³/mol. The van der Waals surface area contributed by atoms with Crippen molar-refractivity contribution in [3.63, 3.8) is 0 Å². The van der Waals surface area contributed by atoms with E-state index in [0.29, 0.717) is 19.4 Å². The molecule has 1 aliphatic heterocycles. The zero-order valence-corrected chi connectivity index (χ0v) is 11.5. The Morgan fingerprint density at radius 2 is 2.05 bits per heavy atom. The first kappa shape index (κ1) is 15.4. The molecule has 0 bridgehead atoms. The van der Waals surface area contributed by atoms with Gasteiger partial charge in [-0.3, -0.25) is 9.59 Å². The molecule has 1 atom stereocenters. The summed E-state index contributed by atoms with van der Waals surface area (Å²) in [6.45, 7) is 0.444. The molecule has 114 valence electrons. The molecule has 1 amide bonds. The molecule has 1 aromatic carbocycles. The maximum absolute atomic E-state index is 13.7. The van der Waals surface area contributed by atoms with Crippen LogP contribution in [0.2, 0.25) is 0 Å². The molecular weight excluding hydrogens is 280 g/mol. The van der Waals surface area contributed by atoms with E-state index in [2.05, 4.69) is 0 Å². The van der Waals surface area contributed by atoms with E-state index in [1.165, 1.54) is 4.90 Å². The molecule has 0 saturated carbocycles. The minimum atomic E-state index is -0.926. The quantitative estimate of drug-likeness (QED) is 0.929. The Labute approximate surface area is 121 Å². The van der Waals surface area contributed by atoms with E-state index in [9.17, 15) is 18.4 Å². The molecule has 1 fully saturated rings. The van der Waals surface area contributed by atoms with Gasteiger partial charge in [-0.1, -0.05) is 0 Å². The summed E-state index contributed by atoms with van der Waals surface area (Å²) in [5, 5.41) is 8.75. The summed E-state index contributed by atoms with van der Waals surface area (Å²) in [7, 11) is 0. The van der Waals surface area contributed by atoms with E-state index in [-0.39, 0.29) is 18.0 Å². The summed E-state index contributed by atoms with van der Waals surface area (Å²) in [6, 6.07) is 2.55. The van der Waals surface area contributed by atoms with Crippen LogP contribution in [0.15, 0.2) is 18.2 Å². The second kappa shape index (κ2) is 6.65. The molecular formula is C15H17F2NO3. The van der Waals surface area contributed by atoms with Crippen LogP contribution in [-0.4, -0.2) is 34.5 Å². The fourth-order valence-electron chi connectivity index (χ4n) is 2.67. The summed E-state index contributed by atoms with van der Waals surface area (Å²) < 4.78 is 26.9. The normalized spacial score (nSPS) is 18.6. The number of carboxylic acids is 1. The number of amides is 1. The van der Waals surface area contributed by atoms with Crippen molar-refractivity contribution in [3.05, 3.63) is 35.4 Å². The first-order valence-electron chi connectivity index (χ1n) is 6.97. The number of carbonyl (C=O) groups excluding carboxylic acids is 1. The number of hydrogen-bond acceptors (Lipinski definition) is 2. The van der Waals surface area contributed by atoms with Gasteiger partial charge in [0.15, 0.2) is 0 Å². The molecule has 0 unspecified atom stereocenters. The van der Waals surface area contributed by atoms with Crippen molar-refractivity contribution in [3.8, 4) is 0 Å². The maximum atomic E-state index is 13.7. The van der Waals surface area contributed by atoms with Crippen LogP contribution in [0.5, 0.6) is 0 Å². The number of nitrogens with zero attached hydrogens (tertiary/aromatic N) is 1. The zero-order chi connectivity index (χ0) is 15.4. The lowest BCUT2D eigenvalue weighted by molar-refractivity contribution is -0.137. The van der Waals surface area contributed by atoms with Gasteiger partial charge in [0.25, 0.3) is 5.91 Å². The van der Waals surface area contributed by atoms with E-state index in [1.54, 1.807) is 0 Å². The largest absolute Gasteiger partial charge is 0.481 e. The zero-order valence-electron chi connectivity index (χ0n) is 11.5. The number of hydrogen-bond donors (Lipinski definition) is 1. The van der Waals surface area contributed by atoms with Crippen LogP contribution in [0.4, 0.5) is 8.78 Å². The van der Waals surface area contributed by atoms with Crippen LogP contribution in [0, 0.1) is 11.6 Å². The molecule has 1 saturated heterocycles. The van der Waals surface area contributed by atoms with E-state index in [4.69, 9.17) is 5.11 Å². The van der Waals surface area contributed by atoms with E-state index in [0.717, 1.165) is 31.0 Å². The lowest BCUT2D eigenvalue weighted by Gasteiger charge is -2.35. The number of carboxylic acid groups (broad SMARTS) is 1. The van der Waals surface area contributed by atoms with Crippen molar-refractivity contribution in [1.82, 2.24) is 4.90 Å². The Hall–Kier alpha value is -1.98. The fraction of sp³-hybridized carbons (Fsp3) is 0.467. The topological polar surface area (TPSA) is 57.6 Å². The minimum absolute atomic E-state index is 0.0416. The summed E-state index contributed by atoms with van der Waals surface area (Å²) in [5.41, 5.74) is -0.294. The van der Waals surface area contributed by atoms with Crippen molar-refractivity contribution < 1.29 is 23.5 Å². The van der Waals surface area contributed by atoms with Gasteiger partial charge < -0.3 is 10.0 Å². The van der Waals surface area contributed by atoms with Gasteiger partial charge in [0.1, 0.15) is 11.6 Å². The van der Waals surface area contributed by atoms with Crippen molar-refractivity contribution in [2.45, 2.75) is 38.1 Å². The van der Waals surface area contributed by atoms with Gasteiger partial charge in [-0.15, -0.1) is 0 Å². The van der Waals surface area contributed by atoms with Crippen molar-refractivity contribution in [2.24, 2.45) is 0 Å². The average Bonchev–Trinajstić information content (AvgIpc) is 2.47. The summed E-state index contributed by atoms with van der Waals surface area (Å²) in [5.74, 6) is -2.92. The Morgan fingerprint density at radius 1 is 1.29 bits per heavy atom. The van der Waals surface area contributed by atoms with E-state index < -0.39 is 23.5 Å². The van der Waals surface area contributed by atoms with Crippen LogP contribution in [0.3, 0.4) is 0 Å². The minimum Gasteiger partial charge on any atom is -0.481 e. The molecule has 6 heteroatoms. The van der Waals surface area contributed by atoms with Gasteiger partial charge in [0.05, 0.1) is 5.56 Å². The molecule has 0 spiro atoms. The Balaban J connectivity index is 2.18. The number of piperidine rings is 1. The van der Waals surface area contributed by atoms with Crippen LogP contribution in [0.1, 0.15) is 42.5 Å². The van der Waals surface area contributed by atoms with Gasteiger partial charge in [0.2, 0.25) is 0 Å². The highest BCUT2D eigenvalue weighted by molar-refractivity contribution is 5.94. The highest BCUT2D eigenvalue weighted by atomic mass is 19.1. The molecule has 4 nitrogen and oxygen atoms in total. The smallest absolute Gasteiger partial charge is 0.303 e. The molecule has 1 aromatic rings. The second-order valence-corrected chi connectivity index (χ2v) is 5.20. The van der Waals surface area contributed by atoms with Gasteiger partial charge >= 0.3 is 5.97 Å². The third-order valence-corrected chi connectivity index (χ3v) is 3.74. The summed E-state index contributed by atoms with van der Waals surface area (Å²) in [4.78, 5) is 24.6. The number of benzene rings is 1. The first-order chi connectivity index (χ1) is 9.99. The molecule has 0 aliphatic carbocycles. The SMILES string of the molecule is O=C(O)CC[C@@H]1CCCCN1C(=O)c1cc(F)ccc1F. The van der Waals surface area contributed by atoms with E-state index >= 15 is 0 Å². The molecule has 1 N–H and O–H groups in total. The molecule has 1 heterocycles. The number of likely N-dealkylation sites (tertiary alicyclic amines) is 1. The number of rotatable bonds is 4. The molecule has 21 heavy (non-hydrogen) atoms. The number of halogens is 2. The van der Waals surface area contributed by atoms with Gasteiger partial charge in [-0.05, 0) is 43.9 Å². The van der Waals surface area contributed by atoms with Crippen molar-refractivity contribution in [1.29, 1.82) is 0 Å². The predicted octanol–water partition coefficient (Wildman–Crippen LogP) is 2.82. The molecule has 1 aliphatic rings.